The first kappa shape index (κ1) is 17.9. The Bertz CT molecular complexity index is 798. The summed E-state index contributed by atoms with van der Waals surface area (Å²) in [4.78, 5) is 24.6. The minimum Gasteiger partial charge on any atom is -0.355 e. The molecule has 5 heteroatoms. The fourth-order valence-electron chi connectivity index (χ4n) is 3.14. The van der Waals surface area contributed by atoms with Gasteiger partial charge in [-0.2, -0.15) is 5.10 Å². The number of benzene rings is 2. The number of hydrazone groups is 1. The molecule has 1 heterocycles. The second-order valence-electron chi connectivity index (χ2n) is 6.80. The van der Waals surface area contributed by atoms with E-state index in [0.29, 0.717) is 12.5 Å². The lowest BCUT2D eigenvalue weighted by Crippen LogP contribution is -2.34. The van der Waals surface area contributed by atoms with Gasteiger partial charge in [0, 0.05) is 12.5 Å². The average Bonchev–Trinajstić information content (AvgIpc) is 3.04. The van der Waals surface area contributed by atoms with Crippen LogP contribution in [0.15, 0.2) is 59.7 Å². The summed E-state index contributed by atoms with van der Waals surface area (Å²) in [5.41, 5.74) is 5.63. The fourth-order valence-corrected chi connectivity index (χ4v) is 3.14. The van der Waals surface area contributed by atoms with Crippen molar-refractivity contribution in [2.24, 2.45) is 11.0 Å². The molecular weight excluding hydrogens is 326 g/mol. The van der Waals surface area contributed by atoms with Crippen LogP contribution in [0.25, 0.3) is 0 Å². The predicted molar refractivity (Wildman–Crippen MR) is 102 cm³/mol. The Labute approximate surface area is 153 Å². The maximum atomic E-state index is 12.5. The molecule has 2 N–H and O–H groups in total. The van der Waals surface area contributed by atoms with Crippen LogP contribution in [0.1, 0.15) is 42.4 Å². The van der Waals surface area contributed by atoms with Gasteiger partial charge in [-0.25, -0.2) is 5.43 Å². The number of hydrogen-bond donors (Lipinski definition) is 2. The van der Waals surface area contributed by atoms with Crippen molar-refractivity contribution in [3.8, 4) is 0 Å². The number of nitrogens with one attached hydrogen (secondary N) is 2. The number of hydrogen-bond acceptors (Lipinski definition) is 3. The molecule has 2 aromatic carbocycles. The maximum absolute atomic E-state index is 12.5. The largest absolute Gasteiger partial charge is 0.355 e. The summed E-state index contributed by atoms with van der Waals surface area (Å²) in [5, 5.41) is 6.79. The topological polar surface area (TPSA) is 70.6 Å². The van der Waals surface area contributed by atoms with Gasteiger partial charge in [0.1, 0.15) is 5.92 Å². The third kappa shape index (κ3) is 3.99. The summed E-state index contributed by atoms with van der Waals surface area (Å²) in [5.74, 6) is -1.12. The van der Waals surface area contributed by atoms with Crippen LogP contribution in [0.2, 0.25) is 0 Å². The Balaban J connectivity index is 1.65. The highest BCUT2D eigenvalue weighted by Crippen LogP contribution is 2.28. The van der Waals surface area contributed by atoms with E-state index < -0.39 is 5.92 Å². The van der Waals surface area contributed by atoms with E-state index in [1.165, 1.54) is 5.56 Å². The average molecular weight is 349 g/mol. The summed E-state index contributed by atoms with van der Waals surface area (Å²) in [6.45, 7) is 4.74. The molecule has 26 heavy (non-hydrogen) atoms. The number of amides is 2. The van der Waals surface area contributed by atoms with Crippen molar-refractivity contribution in [3.63, 3.8) is 0 Å². The smallest absolute Gasteiger partial charge is 0.253 e. The van der Waals surface area contributed by atoms with Gasteiger partial charge in [-0.05, 0) is 22.6 Å². The van der Waals surface area contributed by atoms with Gasteiger partial charge in [-0.3, -0.25) is 9.59 Å². The minimum atomic E-state index is -0.766. The van der Waals surface area contributed by atoms with Crippen LogP contribution >= 0.6 is 0 Å². The second kappa shape index (κ2) is 7.95. The molecule has 0 radical (unpaired) electrons. The molecule has 1 aliphatic heterocycles. The Hall–Kier alpha value is -2.95. The normalized spacial score (nSPS) is 19.7. The van der Waals surface area contributed by atoms with E-state index >= 15 is 0 Å². The highest BCUT2D eigenvalue weighted by Gasteiger charge is 2.40. The molecule has 0 aliphatic carbocycles. The van der Waals surface area contributed by atoms with E-state index in [-0.39, 0.29) is 17.7 Å². The first-order chi connectivity index (χ1) is 12.6. The van der Waals surface area contributed by atoms with Gasteiger partial charge in [0.25, 0.3) is 5.91 Å². The molecule has 0 unspecified atom stereocenters. The third-order valence-electron chi connectivity index (χ3n) is 4.68. The van der Waals surface area contributed by atoms with Crippen LogP contribution in [0.3, 0.4) is 0 Å². The van der Waals surface area contributed by atoms with Crippen molar-refractivity contribution in [2.45, 2.75) is 25.7 Å². The molecule has 0 saturated carbocycles. The van der Waals surface area contributed by atoms with Crippen LogP contribution in [-0.4, -0.2) is 24.6 Å². The zero-order chi connectivity index (χ0) is 18.5. The number of nitrogens with zero attached hydrogens (tertiary/aromatic N) is 1. The first-order valence-corrected chi connectivity index (χ1v) is 8.82. The highest BCUT2D eigenvalue weighted by atomic mass is 16.2. The Morgan fingerprint density at radius 2 is 1.85 bits per heavy atom. The van der Waals surface area contributed by atoms with Gasteiger partial charge >= 0.3 is 0 Å². The van der Waals surface area contributed by atoms with Gasteiger partial charge < -0.3 is 5.32 Å². The van der Waals surface area contributed by atoms with E-state index in [4.69, 9.17) is 0 Å². The molecule has 0 bridgehead atoms. The number of carbonyl (C=O) groups is 2. The van der Waals surface area contributed by atoms with Crippen molar-refractivity contribution in [1.82, 2.24) is 10.7 Å². The zero-order valence-corrected chi connectivity index (χ0v) is 15.0. The number of rotatable bonds is 5. The van der Waals surface area contributed by atoms with Gasteiger partial charge in [0.05, 0.1) is 6.21 Å². The van der Waals surface area contributed by atoms with Crippen LogP contribution in [0, 0.1) is 5.92 Å². The molecule has 2 aromatic rings. The van der Waals surface area contributed by atoms with Gasteiger partial charge in [-0.15, -0.1) is 0 Å². The lowest BCUT2D eigenvalue weighted by molar-refractivity contribution is -0.133. The molecule has 2 amide bonds. The quantitative estimate of drug-likeness (QED) is 0.495. The lowest BCUT2D eigenvalue weighted by atomic mass is 9.88. The Morgan fingerprint density at radius 1 is 1.15 bits per heavy atom. The highest BCUT2D eigenvalue weighted by molar-refractivity contribution is 6.03. The van der Waals surface area contributed by atoms with E-state index in [0.717, 1.165) is 11.1 Å². The molecule has 1 aliphatic rings. The third-order valence-corrected chi connectivity index (χ3v) is 4.68. The van der Waals surface area contributed by atoms with Crippen LogP contribution in [0.5, 0.6) is 0 Å². The summed E-state index contributed by atoms with van der Waals surface area (Å²) in [6.07, 6.45) is 1.59. The molecule has 0 spiro atoms. The van der Waals surface area contributed by atoms with Gasteiger partial charge in [0.2, 0.25) is 5.91 Å². The lowest BCUT2D eigenvalue weighted by Gasteiger charge is -2.15. The standard InChI is InChI=1S/C21H23N3O2/c1-14(2)16-10-8-15(9-11-16)12-23-24-21(26)19-18(13-22-20(19)25)17-6-4-3-5-7-17/h3-12,14,18-19H,13H2,1-2H3,(H,22,25)(H,24,26)/t18-,19-/m0/s1. The van der Waals surface area contributed by atoms with Crippen molar-refractivity contribution in [1.29, 1.82) is 0 Å². The van der Waals surface area contributed by atoms with Crippen LogP contribution in [-0.2, 0) is 9.59 Å². The minimum absolute atomic E-state index is 0.177. The van der Waals surface area contributed by atoms with Crippen molar-refractivity contribution in [2.75, 3.05) is 6.54 Å². The van der Waals surface area contributed by atoms with Gasteiger partial charge in [-0.1, -0.05) is 68.4 Å². The molecule has 1 fully saturated rings. The number of carbonyl (C=O) groups excluding carboxylic acids is 2. The Kier molecular flexibility index (Phi) is 5.46. The van der Waals surface area contributed by atoms with E-state index in [1.807, 2.05) is 54.6 Å². The van der Waals surface area contributed by atoms with Crippen LogP contribution < -0.4 is 10.7 Å². The van der Waals surface area contributed by atoms with E-state index in [9.17, 15) is 9.59 Å². The van der Waals surface area contributed by atoms with E-state index in [1.54, 1.807) is 6.21 Å². The summed E-state index contributed by atoms with van der Waals surface area (Å²) >= 11 is 0. The van der Waals surface area contributed by atoms with Crippen molar-refractivity contribution < 1.29 is 9.59 Å². The maximum Gasteiger partial charge on any atom is 0.253 e. The van der Waals surface area contributed by atoms with Crippen molar-refractivity contribution in [3.05, 3.63) is 71.3 Å². The summed E-state index contributed by atoms with van der Waals surface area (Å²) in [7, 11) is 0. The fraction of sp³-hybridized carbons (Fsp3) is 0.286. The molecule has 3 rings (SSSR count). The van der Waals surface area contributed by atoms with Gasteiger partial charge in [0.15, 0.2) is 0 Å². The zero-order valence-electron chi connectivity index (χ0n) is 15.0. The molecule has 0 aromatic heterocycles. The van der Waals surface area contributed by atoms with Crippen LogP contribution in [0.4, 0.5) is 0 Å². The second-order valence-corrected chi connectivity index (χ2v) is 6.80. The van der Waals surface area contributed by atoms with E-state index in [2.05, 4.69) is 29.7 Å². The van der Waals surface area contributed by atoms with Crippen molar-refractivity contribution >= 4 is 18.0 Å². The Morgan fingerprint density at radius 3 is 2.50 bits per heavy atom. The molecular formula is C21H23N3O2. The molecule has 134 valence electrons. The SMILES string of the molecule is CC(C)c1ccc(C=NNC(=O)[C@@H]2C(=O)NC[C@H]2c2ccccc2)cc1. The molecule has 5 nitrogen and oxygen atoms in total. The monoisotopic (exact) mass is 349 g/mol. The first-order valence-electron chi connectivity index (χ1n) is 8.82. The molecule has 1 saturated heterocycles. The summed E-state index contributed by atoms with van der Waals surface area (Å²) < 4.78 is 0. The molecule has 2 atom stereocenters. The summed E-state index contributed by atoms with van der Waals surface area (Å²) in [6, 6.07) is 17.6. The predicted octanol–water partition coefficient (Wildman–Crippen LogP) is 2.79.